The number of hydrogen-bond donors (Lipinski definition) is 1. The zero-order valence-corrected chi connectivity index (χ0v) is 13.2. The van der Waals surface area contributed by atoms with Gasteiger partial charge in [0.1, 0.15) is 0 Å². The van der Waals surface area contributed by atoms with Crippen molar-refractivity contribution < 1.29 is 16.0 Å². The molecule has 0 aromatic heterocycles. The zero-order valence-electron chi connectivity index (χ0n) is 14.2. The van der Waals surface area contributed by atoms with Gasteiger partial charge >= 0.3 is 0 Å². The molecule has 0 aliphatic heterocycles. The summed E-state index contributed by atoms with van der Waals surface area (Å²) >= 11 is 0. The van der Waals surface area contributed by atoms with Crippen molar-refractivity contribution in [3.8, 4) is 0 Å². The molecule has 0 heterocycles. The first-order valence-corrected chi connectivity index (χ1v) is 8.10. The summed E-state index contributed by atoms with van der Waals surface area (Å²) in [6, 6.07) is 19.8. The summed E-state index contributed by atoms with van der Waals surface area (Å²) < 4.78 is 19.6. The number of aliphatic hydroxyl groups is 1. The molecule has 1 aliphatic rings. The quantitative estimate of drug-likeness (QED) is 0.771. The summed E-state index contributed by atoms with van der Waals surface area (Å²) in [5, 5.41) is 10.2. The topological polar surface area (TPSA) is 38.7 Å². The van der Waals surface area contributed by atoms with Crippen molar-refractivity contribution >= 4 is 0 Å². The van der Waals surface area contributed by atoms with Crippen LogP contribution < -0.4 is 0 Å². The van der Waals surface area contributed by atoms with Gasteiger partial charge in [0.2, 0.25) is 0 Å². The third-order valence-electron chi connectivity index (χ3n) is 4.09. The van der Waals surface area contributed by atoms with Crippen molar-refractivity contribution in [2.45, 2.75) is 25.7 Å². The van der Waals surface area contributed by atoms with Gasteiger partial charge in [-0.05, 0) is 29.4 Å². The highest BCUT2D eigenvalue weighted by Crippen LogP contribution is 2.41. The third-order valence-corrected chi connectivity index (χ3v) is 4.09. The molecule has 122 valence electrons. The Bertz CT molecular complexity index is 619. The van der Waals surface area contributed by atoms with Crippen LogP contribution in [0.15, 0.2) is 60.7 Å². The van der Waals surface area contributed by atoms with E-state index in [2.05, 4.69) is 0 Å². The maximum atomic E-state index is 10.2. The highest BCUT2D eigenvalue weighted by atomic mass is 16.5. The zero-order chi connectivity index (χ0) is 16.8. The fraction of sp³-hybridized carbons (Fsp3) is 0.400. The molecule has 0 amide bonds. The first-order valence-electron chi connectivity index (χ1n) is 8.60. The minimum atomic E-state index is -0.826. The number of aliphatic hydroxyl groups excluding tert-OH is 1. The van der Waals surface area contributed by atoms with Gasteiger partial charge in [0.05, 0.1) is 32.5 Å². The molecule has 0 radical (unpaired) electrons. The Balaban J connectivity index is 1.36. The van der Waals surface area contributed by atoms with Gasteiger partial charge < -0.3 is 14.6 Å². The fourth-order valence-corrected chi connectivity index (χ4v) is 2.66. The lowest BCUT2D eigenvalue weighted by atomic mass is 10.2. The van der Waals surface area contributed by atoms with Crippen LogP contribution in [0.25, 0.3) is 0 Å². The molecule has 2 aromatic rings. The molecule has 0 saturated heterocycles. The summed E-state index contributed by atoms with van der Waals surface area (Å²) in [6.45, 7) is 1.71. The van der Waals surface area contributed by atoms with Crippen LogP contribution in [-0.4, -0.2) is 24.4 Å². The Labute approximate surface area is 139 Å². The van der Waals surface area contributed by atoms with Gasteiger partial charge in [-0.25, -0.2) is 0 Å². The highest BCUT2D eigenvalue weighted by Gasteiger charge is 2.42. The van der Waals surface area contributed by atoms with E-state index in [1.54, 1.807) is 0 Å². The van der Waals surface area contributed by atoms with Crippen LogP contribution in [0.1, 0.15) is 18.9 Å². The maximum Gasteiger partial charge on any atom is 0.0805 e. The van der Waals surface area contributed by atoms with Crippen molar-refractivity contribution in [3.63, 3.8) is 0 Å². The Kier molecular flexibility index (Phi) is 5.34. The second-order valence-electron chi connectivity index (χ2n) is 5.99. The van der Waals surface area contributed by atoms with Crippen LogP contribution in [0.4, 0.5) is 0 Å². The standard InChI is InChI=1S/C20H24O3/c21-20(15-23-13-17-9-5-2-6-10-17)19-11-18(19)14-22-12-16-7-3-1-4-8-16/h1-10,18-21H,11-15H2/t18-,19+,20+/m0/s1/i19D. The maximum absolute atomic E-state index is 10.2. The molecular formula is C20H24O3. The van der Waals surface area contributed by atoms with Crippen LogP contribution >= 0.6 is 0 Å². The van der Waals surface area contributed by atoms with E-state index in [9.17, 15) is 5.11 Å². The van der Waals surface area contributed by atoms with Gasteiger partial charge in [-0.1, -0.05) is 60.7 Å². The number of hydrogen-bond acceptors (Lipinski definition) is 3. The van der Waals surface area contributed by atoms with E-state index in [0.29, 0.717) is 26.2 Å². The van der Waals surface area contributed by atoms with Gasteiger partial charge in [0, 0.05) is 1.37 Å². The Morgan fingerprint density at radius 3 is 2.13 bits per heavy atom. The van der Waals surface area contributed by atoms with Crippen molar-refractivity contribution in [1.82, 2.24) is 0 Å². The summed E-state index contributed by atoms with van der Waals surface area (Å²) in [7, 11) is 0. The van der Waals surface area contributed by atoms with Crippen molar-refractivity contribution in [2.75, 3.05) is 13.2 Å². The average Bonchev–Trinajstić information content (AvgIpc) is 3.28. The predicted molar refractivity (Wildman–Crippen MR) is 89.8 cm³/mol. The molecule has 0 bridgehead atoms. The van der Waals surface area contributed by atoms with Gasteiger partial charge in [-0.2, -0.15) is 0 Å². The molecule has 0 spiro atoms. The van der Waals surface area contributed by atoms with Crippen LogP contribution in [0.2, 0.25) is 0 Å². The molecule has 23 heavy (non-hydrogen) atoms. The summed E-state index contributed by atoms with van der Waals surface area (Å²) in [5.41, 5.74) is 2.20. The molecule has 0 unspecified atom stereocenters. The Morgan fingerprint density at radius 2 is 1.52 bits per heavy atom. The molecule has 3 nitrogen and oxygen atoms in total. The van der Waals surface area contributed by atoms with E-state index in [1.165, 1.54) is 0 Å². The van der Waals surface area contributed by atoms with E-state index < -0.39 is 12.0 Å². The van der Waals surface area contributed by atoms with E-state index in [0.717, 1.165) is 11.1 Å². The first kappa shape index (κ1) is 14.9. The lowest BCUT2D eigenvalue weighted by Crippen LogP contribution is -2.19. The van der Waals surface area contributed by atoms with E-state index in [-0.39, 0.29) is 12.5 Å². The van der Waals surface area contributed by atoms with Crippen LogP contribution in [0.3, 0.4) is 0 Å². The average molecular weight is 313 g/mol. The number of benzene rings is 2. The first-order chi connectivity index (χ1) is 11.7. The van der Waals surface area contributed by atoms with Crippen LogP contribution in [-0.2, 0) is 22.7 Å². The molecular weight excluding hydrogens is 288 g/mol. The van der Waals surface area contributed by atoms with Crippen molar-refractivity contribution in [1.29, 1.82) is 0 Å². The molecule has 2 aromatic carbocycles. The Hall–Kier alpha value is -1.68. The van der Waals surface area contributed by atoms with Gasteiger partial charge in [0.25, 0.3) is 0 Å². The van der Waals surface area contributed by atoms with Crippen molar-refractivity contribution in [2.24, 2.45) is 11.8 Å². The lowest BCUT2D eigenvalue weighted by Gasteiger charge is -2.11. The second-order valence-corrected chi connectivity index (χ2v) is 5.99. The van der Waals surface area contributed by atoms with Gasteiger partial charge in [-0.15, -0.1) is 0 Å². The molecule has 1 saturated carbocycles. The molecule has 3 rings (SSSR count). The second kappa shape index (κ2) is 8.25. The summed E-state index contributed by atoms with van der Waals surface area (Å²) in [6.07, 6.45) is -0.107. The minimum Gasteiger partial charge on any atom is -0.390 e. The Morgan fingerprint density at radius 1 is 0.957 bits per heavy atom. The van der Waals surface area contributed by atoms with Gasteiger partial charge in [-0.3, -0.25) is 0 Å². The largest absolute Gasteiger partial charge is 0.390 e. The van der Waals surface area contributed by atoms with Crippen LogP contribution in [0, 0.1) is 11.8 Å². The smallest absolute Gasteiger partial charge is 0.0805 e. The summed E-state index contributed by atoms with van der Waals surface area (Å²) in [5.74, 6) is -0.746. The predicted octanol–water partition coefficient (Wildman–Crippen LogP) is 3.42. The lowest BCUT2D eigenvalue weighted by molar-refractivity contribution is 0.0106. The monoisotopic (exact) mass is 313 g/mol. The number of ether oxygens (including phenoxy) is 2. The molecule has 1 fully saturated rings. The molecule has 1 N–H and O–H groups in total. The third kappa shape index (κ3) is 5.17. The van der Waals surface area contributed by atoms with Crippen LogP contribution in [0.5, 0.6) is 0 Å². The van der Waals surface area contributed by atoms with E-state index in [4.69, 9.17) is 10.8 Å². The summed E-state index contributed by atoms with van der Waals surface area (Å²) in [4.78, 5) is 0. The number of rotatable bonds is 9. The SMILES string of the molecule is [2H][C@@]1([C@H](O)COCc2ccccc2)C[C@H]1COCc1ccccc1. The van der Waals surface area contributed by atoms with Crippen molar-refractivity contribution in [3.05, 3.63) is 71.8 Å². The fourth-order valence-electron chi connectivity index (χ4n) is 2.66. The van der Waals surface area contributed by atoms with E-state index >= 15 is 0 Å². The normalized spacial score (nSPS) is 24.9. The van der Waals surface area contributed by atoms with Gasteiger partial charge in [0.15, 0.2) is 0 Å². The van der Waals surface area contributed by atoms with E-state index in [1.807, 2.05) is 60.7 Å². The highest BCUT2D eigenvalue weighted by molar-refractivity contribution is 5.14. The minimum absolute atomic E-state index is 0.0801. The molecule has 3 heteroatoms. The molecule has 1 aliphatic carbocycles. The molecule has 3 atom stereocenters.